The van der Waals surface area contributed by atoms with Gasteiger partial charge in [-0.2, -0.15) is 18.3 Å². The second-order valence-electron chi connectivity index (χ2n) is 5.23. The van der Waals surface area contributed by atoms with Crippen molar-refractivity contribution in [2.45, 2.75) is 30.9 Å². The number of alkyl halides is 3. The largest absolute Gasteiger partial charge is 0.418 e. The molecule has 1 aromatic carbocycles. The normalized spacial score (nSPS) is 23.6. The summed E-state index contributed by atoms with van der Waals surface area (Å²) >= 11 is 3.13. The van der Waals surface area contributed by atoms with E-state index in [1.165, 1.54) is 0 Å². The van der Waals surface area contributed by atoms with E-state index >= 15 is 0 Å². The van der Waals surface area contributed by atoms with Gasteiger partial charge in [0.05, 0.1) is 11.6 Å². The first-order valence-corrected chi connectivity index (χ1v) is 6.89. The highest BCUT2D eigenvalue weighted by molar-refractivity contribution is 9.10. The van der Waals surface area contributed by atoms with E-state index in [0.717, 1.165) is 18.9 Å². The number of halogens is 4. The topological polar surface area (TPSA) is 17.8 Å². The zero-order valence-electron chi connectivity index (χ0n) is 10.2. The molecule has 0 atom stereocenters. The maximum Gasteiger partial charge on any atom is 0.418 e. The second-order valence-corrected chi connectivity index (χ2v) is 6.14. The quantitative estimate of drug-likeness (QED) is 0.731. The highest BCUT2D eigenvalue weighted by atomic mass is 79.9. The number of aromatic nitrogens is 2. The third-order valence-electron chi connectivity index (χ3n) is 3.62. The van der Waals surface area contributed by atoms with Gasteiger partial charge in [-0.15, -0.1) is 0 Å². The predicted octanol–water partition coefficient (Wildman–Crippen LogP) is 3.57. The molecule has 0 bridgehead atoms. The van der Waals surface area contributed by atoms with Gasteiger partial charge in [0, 0.05) is 16.1 Å². The van der Waals surface area contributed by atoms with Crippen LogP contribution in [-0.4, -0.2) is 17.6 Å². The zero-order valence-corrected chi connectivity index (χ0v) is 11.8. The van der Waals surface area contributed by atoms with Crippen LogP contribution in [0.25, 0.3) is 10.9 Å². The first kappa shape index (κ1) is 13.0. The molecule has 3 rings (SSSR count). The summed E-state index contributed by atoms with van der Waals surface area (Å²) in [5.74, 6) is 0.631. The molecule has 1 aliphatic carbocycles. The number of nitrogens with zero attached hydrogens (tertiary/aromatic N) is 2. The van der Waals surface area contributed by atoms with Crippen LogP contribution < -0.4 is 0 Å². The molecular weight excluding hydrogens is 320 g/mol. The number of hydrogen-bond acceptors (Lipinski definition) is 1. The lowest BCUT2D eigenvalue weighted by Crippen LogP contribution is -2.23. The van der Waals surface area contributed by atoms with E-state index < -0.39 is 11.7 Å². The van der Waals surface area contributed by atoms with Gasteiger partial charge in [0.25, 0.3) is 0 Å². The molecule has 0 unspecified atom stereocenters. The molecule has 100 valence electrons. The van der Waals surface area contributed by atoms with Gasteiger partial charge in [-0.05, 0) is 25.0 Å². The monoisotopic (exact) mass is 330 g/mol. The highest BCUT2D eigenvalue weighted by Crippen LogP contribution is 2.41. The molecule has 0 saturated heterocycles. The van der Waals surface area contributed by atoms with E-state index in [2.05, 4.69) is 28.9 Å². The Bertz CT molecular complexity index is 632. The van der Waals surface area contributed by atoms with Crippen LogP contribution >= 0.6 is 15.9 Å². The molecule has 1 saturated carbocycles. The molecule has 0 N–H and O–H groups in total. The molecule has 0 amide bonds. The molecule has 0 radical (unpaired) electrons. The molecule has 0 aliphatic heterocycles. The molecule has 1 fully saturated rings. The van der Waals surface area contributed by atoms with E-state index in [4.69, 9.17) is 0 Å². The summed E-state index contributed by atoms with van der Waals surface area (Å²) in [6.07, 6.45) is -0.701. The average Bonchev–Trinajstić information content (AvgIpc) is 2.65. The molecule has 7 heteroatoms. The van der Waals surface area contributed by atoms with E-state index in [1.807, 2.05) is 0 Å². The summed E-state index contributed by atoms with van der Waals surface area (Å²) in [5.41, 5.74) is -0.641. The Labute approximate surface area is 117 Å². The molecule has 1 aromatic heterocycles. The van der Waals surface area contributed by atoms with Crippen LogP contribution in [-0.2, 0) is 6.18 Å². The van der Waals surface area contributed by atoms with Crippen molar-refractivity contribution in [1.29, 1.82) is 0 Å². The lowest BCUT2D eigenvalue weighted by Gasteiger charge is -2.32. The van der Waals surface area contributed by atoms with Crippen molar-refractivity contribution < 1.29 is 13.2 Å². The van der Waals surface area contributed by atoms with Crippen molar-refractivity contribution in [3.05, 3.63) is 28.4 Å². The second kappa shape index (κ2) is 4.26. The third kappa shape index (κ3) is 2.28. The Morgan fingerprint density at radius 2 is 2.00 bits per heavy atom. The zero-order chi connectivity index (χ0) is 13.8. The van der Waals surface area contributed by atoms with Gasteiger partial charge in [-0.1, -0.05) is 21.7 Å². The highest BCUT2D eigenvalue weighted by Gasteiger charge is 2.35. The smallest absolute Gasteiger partial charge is 0.268 e. The van der Waals surface area contributed by atoms with E-state index in [9.17, 15) is 13.2 Å². The third-order valence-corrected chi connectivity index (χ3v) is 4.08. The first-order valence-electron chi connectivity index (χ1n) is 6.10. The number of benzene rings is 1. The van der Waals surface area contributed by atoms with Crippen LogP contribution in [0.4, 0.5) is 13.2 Å². The van der Waals surface area contributed by atoms with Gasteiger partial charge in [0.15, 0.2) is 0 Å². The van der Waals surface area contributed by atoms with Gasteiger partial charge in [0.1, 0.15) is 13.4 Å². The summed E-state index contributed by atoms with van der Waals surface area (Å²) in [4.78, 5) is 0. The fraction of sp³-hybridized carbons (Fsp3) is 0.417. The fourth-order valence-electron chi connectivity index (χ4n) is 2.60. The standard InChI is InChI=1S/C12H11BBrF3N2/c13-7-2-9(3-7)19-5-6-1-8(14)4-10(11(6)18-19)12(15,16)17/h1,4-5,7,9H,2-3,13H2. The van der Waals surface area contributed by atoms with E-state index in [-0.39, 0.29) is 11.6 Å². The molecule has 1 heterocycles. The fourth-order valence-corrected chi connectivity index (χ4v) is 3.07. The summed E-state index contributed by atoms with van der Waals surface area (Å²) in [5, 5.41) is 4.68. The molecule has 19 heavy (non-hydrogen) atoms. The lowest BCUT2D eigenvalue weighted by atomic mass is 9.68. The van der Waals surface area contributed by atoms with Crippen LogP contribution in [0.3, 0.4) is 0 Å². The molecular formula is C12H11BBrF3N2. The van der Waals surface area contributed by atoms with Crippen molar-refractivity contribution >= 4 is 34.7 Å². The van der Waals surface area contributed by atoms with Crippen molar-refractivity contribution in [3.63, 3.8) is 0 Å². The summed E-state index contributed by atoms with van der Waals surface area (Å²) in [7, 11) is 2.14. The van der Waals surface area contributed by atoms with Crippen LogP contribution in [0.5, 0.6) is 0 Å². The lowest BCUT2D eigenvalue weighted by molar-refractivity contribution is -0.136. The Hall–Kier alpha value is -0.975. The molecule has 2 aromatic rings. The summed E-state index contributed by atoms with van der Waals surface area (Å²) in [6.45, 7) is 0. The van der Waals surface area contributed by atoms with E-state index in [1.54, 1.807) is 16.9 Å². The van der Waals surface area contributed by atoms with Crippen LogP contribution in [0, 0.1) is 0 Å². The Morgan fingerprint density at radius 1 is 1.32 bits per heavy atom. The number of rotatable bonds is 1. The minimum Gasteiger partial charge on any atom is -0.268 e. The maximum absolute atomic E-state index is 13.0. The predicted molar refractivity (Wildman–Crippen MR) is 73.0 cm³/mol. The van der Waals surface area contributed by atoms with Crippen LogP contribution in [0.15, 0.2) is 22.8 Å². The van der Waals surface area contributed by atoms with Gasteiger partial charge >= 0.3 is 6.18 Å². The van der Waals surface area contributed by atoms with Crippen molar-refractivity contribution in [2.75, 3.05) is 0 Å². The minimum absolute atomic E-state index is 0.0373. The molecule has 0 spiro atoms. The van der Waals surface area contributed by atoms with Crippen LogP contribution in [0.2, 0.25) is 5.82 Å². The Kier molecular flexibility index (Phi) is 2.92. The molecule has 2 nitrogen and oxygen atoms in total. The van der Waals surface area contributed by atoms with Gasteiger partial charge < -0.3 is 0 Å². The van der Waals surface area contributed by atoms with Crippen molar-refractivity contribution in [1.82, 2.24) is 9.78 Å². The van der Waals surface area contributed by atoms with Crippen LogP contribution in [0.1, 0.15) is 24.4 Å². The number of hydrogen-bond donors (Lipinski definition) is 0. The van der Waals surface area contributed by atoms with Crippen molar-refractivity contribution in [3.8, 4) is 0 Å². The SMILES string of the molecule is BC1CC(n2cc3cc(Br)cc(C(F)(F)F)c3n2)C1. The van der Waals surface area contributed by atoms with Gasteiger partial charge in [0.2, 0.25) is 0 Å². The maximum atomic E-state index is 13.0. The van der Waals surface area contributed by atoms with Gasteiger partial charge in [-0.25, -0.2) is 0 Å². The average molecular weight is 331 g/mol. The van der Waals surface area contributed by atoms with Crippen molar-refractivity contribution in [2.24, 2.45) is 0 Å². The Morgan fingerprint density at radius 3 is 2.58 bits per heavy atom. The van der Waals surface area contributed by atoms with E-state index in [0.29, 0.717) is 15.7 Å². The summed E-state index contributed by atoms with van der Waals surface area (Å²) in [6, 6.07) is 3.00. The van der Waals surface area contributed by atoms with Gasteiger partial charge in [-0.3, -0.25) is 4.68 Å². The minimum atomic E-state index is -4.38. The summed E-state index contributed by atoms with van der Waals surface area (Å²) < 4.78 is 41.1. The Balaban J connectivity index is 2.11. The first-order chi connectivity index (χ1) is 8.84. The number of fused-ring (bicyclic) bond motifs is 1. The molecule has 1 aliphatic rings.